The number of nitrogens with one attached hydrogen (secondary N) is 1. The van der Waals surface area contributed by atoms with Crippen molar-refractivity contribution in [3.63, 3.8) is 0 Å². The fraction of sp³-hybridized carbons (Fsp3) is 0.222. The van der Waals surface area contributed by atoms with E-state index in [1.165, 1.54) is 10.8 Å². The number of carboxylic acid groups (broad SMARTS) is 1. The van der Waals surface area contributed by atoms with Crippen LogP contribution in [0.25, 0.3) is 22.0 Å². The minimum absolute atomic E-state index is 0.392. The van der Waals surface area contributed by atoms with Crippen LogP contribution in [0.15, 0.2) is 72.1 Å². The monoisotopic (exact) mass is 473 g/mol. The number of benzene rings is 3. The highest BCUT2D eigenvalue weighted by atomic mass is 32.1. The van der Waals surface area contributed by atoms with Gasteiger partial charge < -0.3 is 15.3 Å². The molecule has 7 heteroatoms. The Morgan fingerprint density at radius 3 is 2.53 bits per heavy atom. The van der Waals surface area contributed by atoms with Crippen LogP contribution in [-0.4, -0.2) is 35.1 Å². The zero-order valence-electron chi connectivity index (χ0n) is 19.0. The fourth-order valence-corrected chi connectivity index (χ4v) is 4.58. The molecular weight excluding hydrogens is 446 g/mol. The van der Waals surface area contributed by atoms with Gasteiger partial charge in [0.05, 0.1) is 5.69 Å². The van der Waals surface area contributed by atoms with Gasteiger partial charge in [0.25, 0.3) is 5.91 Å². The molecule has 0 spiro atoms. The minimum Gasteiger partial charge on any atom is -0.480 e. The van der Waals surface area contributed by atoms with E-state index in [0.717, 1.165) is 41.3 Å². The minimum atomic E-state index is -1.07. The summed E-state index contributed by atoms with van der Waals surface area (Å²) in [6.07, 6.45) is 2.14. The van der Waals surface area contributed by atoms with Crippen LogP contribution < -0.4 is 10.2 Å². The molecule has 0 saturated heterocycles. The zero-order chi connectivity index (χ0) is 23.9. The van der Waals surface area contributed by atoms with Crippen molar-refractivity contribution in [3.05, 3.63) is 83.2 Å². The van der Waals surface area contributed by atoms with Gasteiger partial charge in [-0.15, -0.1) is 11.3 Å². The third kappa shape index (κ3) is 5.80. The Kier molecular flexibility index (Phi) is 7.54. The number of nitrogens with zero attached hydrogens (tertiary/aromatic N) is 2. The predicted octanol–water partition coefficient (Wildman–Crippen LogP) is 5.58. The summed E-state index contributed by atoms with van der Waals surface area (Å²) in [5, 5.41) is 16.6. The summed E-state index contributed by atoms with van der Waals surface area (Å²) in [7, 11) is 0. The lowest BCUT2D eigenvalue weighted by Crippen LogP contribution is -2.29. The Labute approximate surface area is 202 Å². The van der Waals surface area contributed by atoms with Crippen molar-refractivity contribution in [1.29, 1.82) is 0 Å². The van der Waals surface area contributed by atoms with Crippen LogP contribution in [0.5, 0.6) is 0 Å². The first-order chi connectivity index (χ1) is 16.5. The molecule has 1 amide bonds. The predicted molar refractivity (Wildman–Crippen MR) is 137 cm³/mol. The van der Waals surface area contributed by atoms with Crippen LogP contribution in [0.1, 0.15) is 35.7 Å². The van der Waals surface area contributed by atoms with E-state index in [1.54, 1.807) is 23.5 Å². The van der Waals surface area contributed by atoms with E-state index >= 15 is 0 Å². The number of hydrogen-bond acceptors (Lipinski definition) is 5. The van der Waals surface area contributed by atoms with E-state index in [1.807, 2.05) is 24.3 Å². The van der Waals surface area contributed by atoms with E-state index in [4.69, 9.17) is 10.1 Å². The first-order valence-corrected chi connectivity index (χ1v) is 12.2. The van der Waals surface area contributed by atoms with Gasteiger partial charge in [-0.25, -0.2) is 4.98 Å². The molecule has 0 saturated carbocycles. The highest BCUT2D eigenvalue weighted by Gasteiger charge is 2.14. The van der Waals surface area contributed by atoms with Gasteiger partial charge in [-0.2, -0.15) is 0 Å². The van der Waals surface area contributed by atoms with Crippen molar-refractivity contribution >= 4 is 39.1 Å². The maximum Gasteiger partial charge on any atom is 0.322 e. The second-order valence-electron chi connectivity index (χ2n) is 8.13. The lowest BCUT2D eigenvalue weighted by atomic mass is 10.1. The van der Waals surface area contributed by atoms with Gasteiger partial charge in [-0.05, 0) is 41.0 Å². The van der Waals surface area contributed by atoms with Crippen molar-refractivity contribution < 1.29 is 14.7 Å². The number of thiazole rings is 1. The molecule has 0 aliphatic heterocycles. The van der Waals surface area contributed by atoms with Gasteiger partial charge in [0.1, 0.15) is 6.54 Å². The Morgan fingerprint density at radius 1 is 1.03 bits per heavy atom. The van der Waals surface area contributed by atoms with Gasteiger partial charge in [-0.1, -0.05) is 61.9 Å². The number of rotatable bonds is 10. The van der Waals surface area contributed by atoms with Gasteiger partial charge in [0.2, 0.25) is 0 Å². The van der Waals surface area contributed by atoms with E-state index in [-0.39, 0.29) is 0 Å². The maximum absolute atomic E-state index is 12.1. The topological polar surface area (TPSA) is 82.5 Å². The largest absolute Gasteiger partial charge is 0.480 e. The number of carboxylic acids is 1. The molecule has 6 nitrogen and oxygen atoms in total. The van der Waals surface area contributed by atoms with Gasteiger partial charge in [0, 0.05) is 29.6 Å². The lowest BCUT2D eigenvalue weighted by Gasteiger charge is -2.22. The molecule has 174 valence electrons. The smallest absolute Gasteiger partial charge is 0.322 e. The SMILES string of the molecule is CCCCN(Cc1ccc(C(=O)NCC(=O)O)cc1)c1nc(-c2ccc3ccccc3c2)cs1. The van der Waals surface area contributed by atoms with Crippen molar-refractivity contribution in [3.8, 4) is 11.3 Å². The van der Waals surface area contributed by atoms with E-state index in [0.29, 0.717) is 12.1 Å². The summed E-state index contributed by atoms with van der Waals surface area (Å²) < 4.78 is 0. The average Bonchev–Trinajstić information content (AvgIpc) is 3.35. The van der Waals surface area contributed by atoms with Crippen molar-refractivity contribution in [1.82, 2.24) is 10.3 Å². The van der Waals surface area contributed by atoms with E-state index in [2.05, 4.69) is 52.9 Å². The molecule has 2 N–H and O–H groups in total. The first-order valence-electron chi connectivity index (χ1n) is 11.3. The number of unbranched alkanes of at least 4 members (excludes halogenated alkanes) is 1. The highest BCUT2D eigenvalue weighted by molar-refractivity contribution is 7.14. The number of anilines is 1. The molecule has 1 heterocycles. The summed E-state index contributed by atoms with van der Waals surface area (Å²) in [4.78, 5) is 30.0. The third-order valence-corrected chi connectivity index (χ3v) is 6.48. The standard InChI is InChI=1S/C27H27N3O3S/c1-2-3-14-30(17-19-8-10-21(11-9-19)26(33)28-16-25(31)32)27-29-24(18-34-27)23-13-12-20-6-4-5-7-22(20)15-23/h4-13,15,18H,2-3,14,16-17H2,1H3,(H,28,33)(H,31,32). The van der Waals surface area contributed by atoms with Crippen LogP contribution in [0.2, 0.25) is 0 Å². The number of hydrogen-bond donors (Lipinski definition) is 2. The van der Waals surface area contributed by atoms with Crippen LogP contribution in [0.3, 0.4) is 0 Å². The van der Waals surface area contributed by atoms with Gasteiger partial charge >= 0.3 is 5.97 Å². The summed E-state index contributed by atoms with van der Waals surface area (Å²) >= 11 is 1.64. The normalized spacial score (nSPS) is 10.9. The van der Waals surface area contributed by atoms with Crippen LogP contribution in [0, 0.1) is 0 Å². The van der Waals surface area contributed by atoms with Crippen LogP contribution >= 0.6 is 11.3 Å². The molecule has 4 rings (SSSR count). The molecule has 0 bridgehead atoms. The van der Waals surface area contributed by atoms with Gasteiger partial charge in [-0.3, -0.25) is 9.59 Å². The third-order valence-electron chi connectivity index (χ3n) is 5.58. The molecule has 0 aliphatic carbocycles. The van der Waals surface area contributed by atoms with Crippen LogP contribution in [-0.2, 0) is 11.3 Å². The first kappa shape index (κ1) is 23.4. The maximum atomic E-state index is 12.1. The molecule has 34 heavy (non-hydrogen) atoms. The summed E-state index contributed by atoms with van der Waals surface area (Å²) in [5.41, 5.74) is 3.58. The number of amides is 1. The molecule has 1 aromatic heterocycles. The molecule has 3 aromatic carbocycles. The van der Waals surface area contributed by atoms with Crippen molar-refractivity contribution in [2.45, 2.75) is 26.3 Å². The number of carbonyl (C=O) groups is 2. The summed E-state index contributed by atoms with van der Waals surface area (Å²) in [5.74, 6) is -1.46. The lowest BCUT2D eigenvalue weighted by molar-refractivity contribution is -0.135. The molecule has 0 fully saturated rings. The second-order valence-corrected chi connectivity index (χ2v) is 8.96. The average molecular weight is 474 g/mol. The van der Waals surface area contributed by atoms with Crippen LogP contribution in [0.4, 0.5) is 5.13 Å². The molecule has 0 radical (unpaired) electrons. The Bertz CT molecular complexity index is 1280. The number of aliphatic carboxylic acids is 1. The molecular formula is C27H27N3O3S. The summed E-state index contributed by atoms with van der Waals surface area (Å²) in [6.45, 7) is 3.35. The second kappa shape index (κ2) is 10.9. The fourth-order valence-electron chi connectivity index (χ4n) is 3.72. The highest BCUT2D eigenvalue weighted by Crippen LogP contribution is 2.30. The molecule has 0 aliphatic rings. The number of fused-ring (bicyclic) bond motifs is 1. The number of carbonyl (C=O) groups excluding carboxylic acids is 1. The van der Waals surface area contributed by atoms with Gasteiger partial charge in [0.15, 0.2) is 5.13 Å². The van der Waals surface area contributed by atoms with Crippen molar-refractivity contribution in [2.24, 2.45) is 0 Å². The zero-order valence-corrected chi connectivity index (χ0v) is 19.8. The summed E-state index contributed by atoms with van der Waals surface area (Å²) in [6, 6.07) is 22.0. The van der Waals surface area contributed by atoms with E-state index in [9.17, 15) is 9.59 Å². The Hall–Kier alpha value is -3.71. The van der Waals surface area contributed by atoms with E-state index < -0.39 is 18.4 Å². The van der Waals surface area contributed by atoms with Crippen molar-refractivity contribution in [2.75, 3.05) is 18.0 Å². The quantitative estimate of drug-likeness (QED) is 0.314. The Balaban J connectivity index is 1.50. The Morgan fingerprint density at radius 2 is 1.79 bits per heavy atom. The molecule has 4 aromatic rings. The molecule has 0 unspecified atom stereocenters. The molecule has 0 atom stereocenters. The number of aromatic nitrogens is 1.